The number of benzene rings is 2. The Morgan fingerprint density at radius 2 is 1.90 bits per heavy atom. The number of halogens is 1. The molecule has 1 heterocycles. The topological polar surface area (TPSA) is 76.1 Å². The van der Waals surface area contributed by atoms with E-state index in [1.54, 1.807) is 6.07 Å². The monoisotopic (exact) mass is 439 g/mol. The summed E-state index contributed by atoms with van der Waals surface area (Å²) < 4.78 is 34.0. The van der Waals surface area contributed by atoms with Crippen molar-refractivity contribution in [2.24, 2.45) is 0 Å². The zero-order chi connectivity index (χ0) is 21.0. The fraction of sp³-hybridized carbons (Fsp3) is 0.429. The highest BCUT2D eigenvalue weighted by Crippen LogP contribution is 2.34. The van der Waals surface area contributed by atoms with Gasteiger partial charge in [-0.1, -0.05) is 29.8 Å². The van der Waals surface area contributed by atoms with E-state index < -0.39 is 16.1 Å². The third kappa shape index (κ3) is 5.71. The molecule has 29 heavy (non-hydrogen) atoms. The number of aliphatic hydroxyl groups excluding tert-OH is 1. The van der Waals surface area contributed by atoms with Crippen molar-refractivity contribution >= 4 is 21.4 Å². The summed E-state index contributed by atoms with van der Waals surface area (Å²) in [5.41, 5.74) is 3.31. The van der Waals surface area contributed by atoms with Crippen LogP contribution in [0.1, 0.15) is 17.4 Å². The summed E-state index contributed by atoms with van der Waals surface area (Å²) in [6, 6.07) is 11.3. The fourth-order valence-corrected chi connectivity index (χ4v) is 4.90. The van der Waals surface area contributed by atoms with Gasteiger partial charge in [-0.15, -0.1) is 0 Å². The molecule has 0 saturated carbocycles. The largest absolute Gasteiger partial charge is 0.492 e. The maximum atomic E-state index is 11.5. The van der Waals surface area contributed by atoms with Crippen LogP contribution in [0, 0.1) is 6.92 Å². The highest BCUT2D eigenvalue weighted by atomic mass is 35.5. The van der Waals surface area contributed by atoms with Gasteiger partial charge in [0.25, 0.3) is 0 Å². The Labute approximate surface area is 176 Å². The molecular weight excluding hydrogens is 414 g/mol. The van der Waals surface area contributed by atoms with E-state index in [0.29, 0.717) is 42.6 Å². The minimum absolute atomic E-state index is 0.187. The maximum Gasteiger partial charge on any atom is 0.184 e. The first-order chi connectivity index (χ1) is 13.8. The van der Waals surface area contributed by atoms with Crippen LogP contribution in [0.4, 0.5) is 0 Å². The summed E-state index contributed by atoms with van der Waals surface area (Å²) in [7, 11) is -1.47. The van der Waals surface area contributed by atoms with Gasteiger partial charge < -0.3 is 14.6 Å². The Morgan fingerprint density at radius 3 is 2.55 bits per heavy atom. The predicted octanol–water partition coefficient (Wildman–Crippen LogP) is 3.06. The highest BCUT2D eigenvalue weighted by Gasteiger charge is 2.21. The van der Waals surface area contributed by atoms with Gasteiger partial charge in [0.1, 0.15) is 12.4 Å². The first-order valence-corrected chi connectivity index (χ1v) is 11.7. The minimum Gasteiger partial charge on any atom is -0.492 e. The Balaban J connectivity index is 1.73. The number of aliphatic hydroxyl groups is 1. The molecule has 0 aliphatic carbocycles. The molecule has 0 bridgehead atoms. The Bertz CT molecular complexity index is 950. The Kier molecular flexibility index (Phi) is 7.19. The lowest BCUT2D eigenvalue weighted by Crippen LogP contribution is -2.42. The number of ether oxygens (including phenoxy) is 2. The number of nitrogens with zero attached hydrogens (tertiary/aromatic N) is 1. The average Bonchev–Trinajstić information content (AvgIpc) is 2.69. The SMILES string of the molecule is COC(O)c1cc(-c2ccc(C)cc2Cl)ccc1OCCN1CCS(=O)(=O)CC1. The van der Waals surface area contributed by atoms with Crippen LogP contribution >= 0.6 is 11.6 Å². The molecule has 0 radical (unpaired) electrons. The van der Waals surface area contributed by atoms with Gasteiger partial charge in [-0.25, -0.2) is 8.42 Å². The van der Waals surface area contributed by atoms with Gasteiger partial charge in [0.2, 0.25) is 0 Å². The number of sulfone groups is 1. The molecule has 6 nitrogen and oxygen atoms in total. The summed E-state index contributed by atoms with van der Waals surface area (Å²) >= 11 is 6.39. The van der Waals surface area contributed by atoms with Crippen LogP contribution in [-0.2, 0) is 14.6 Å². The minimum atomic E-state index is -2.89. The Morgan fingerprint density at radius 1 is 1.17 bits per heavy atom. The van der Waals surface area contributed by atoms with E-state index in [2.05, 4.69) is 4.90 Å². The van der Waals surface area contributed by atoms with Gasteiger partial charge in [-0.2, -0.15) is 0 Å². The number of hydrogen-bond acceptors (Lipinski definition) is 6. The van der Waals surface area contributed by atoms with Crippen molar-refractivity contribution in [3.05, 3.63) is 52.5 Å². The molecule has 0 spiro atoms. The van der Waals surface area contributed by atoms with Gasteiger partial charge in [0.15, 0.2) is 16.1 Å². The molecule has 1 fully saturated rings. The van der Waals surface area contributed by atoms with E-state index in [4.69, 9.17) is 21.1 Å². The van der Waals surface area contributed by atoms with Gasteiger partial charge in [-0.3, -0.25) is 4.90 Å². The van der Waals surface area contributed by atoms with Crippen LogP contribution in [0.15, 0.2) is 36.4 Å². The maximum absolute atomic E-state index is 11.5. The molecule has 2 aromatic carbocycles. The molecule has 1 aliphatic heterocycles. The molecule has 1 unspecified atom stereocenters. The van der Waals surface area contributed by atoms with Crippen LogP contribution in [0.3, 0.4) is 0 Å². The lowest BCUT2D eigenvalue weighted by Gasteiger charge is -2.26. The van der Waals surface area contributed by atoms with Crippen LogP contribution in [0.5, 0.6) is 5.75 Å². The van der Waals surface area contributed by atoms with Gasteiger partial charge >= 0.3 is 0 Å². The second kappa shape index (κ2) is 9.45. The van der Waals surface area contributed by atoms with Gasteiger partial charge in [0.05, 0.1) is 17.1 Å². The summed E-state index contributed by atoms with van der Waals surface area (Å²) in [4.78, 5) is 2.06. The van der Waals surface area contributed by atoms with Crippen molar-refractivity contribution in [3.63, 3.8) is 0 Å². The predicted molar refractivity (Wildman–Crippen MR) is 114 cm³/mol. The molecular formula is C21H26ClNO5S. The second-order valence-corrected chi connectivity index (χ2v) is 9.88. The van der Waals surface area contributed by atoms with Crippen LogP contribution < -0.4 is 4.74 Å². The van der Waals surface area contributed by atoms with Gasteiger partial charge in [-0.05, 0) is 36.2 Å². The Hall–Kier alpha value is -1.64. The quantitative estimate of drug-likeness (QED) is 0.668. The van der Waals surface area contributed by atoms with Crippen LogP contribution in [-0.4, -0.2) is 63.3 Å². The number of aryl methyl sites for hydroxylation is 1. The van der Waals surface area contributed by atoms with E-state index in [0.717, 1.165) is 16.7 Å². The average molecular weight is 440 g/mol. The summed E-state index contributed by atoms with van der Waals surface area (Å²) in [5.74, 6) is 0.898. The highest BCUT2D eigenvalue weighted by molar-refractivity contribution is 7.91. The standard InChI is InChI=1S/C21H26ClNO5S/c1-15-3-5-17(19(22)13-15)16-4-6-20(18(14-16)21(24)27-2)28-10-7-23-8-11-29(25,26)12-9-23/h3-6,13-14,21,24H,7-12H2,1-2H3. The van der Waals surface area contributed by atoms with Crippen molar-refractivity contribution in [3.8, 4) is 16.9 Å². The zero-order valence-electron chi connectivity index (χ0n) is 16.6. The third-order valence-electron chi connectivity index (χ3n) is 5.04. The number of rotatable bonds is 7. The van der Waals surface area contributed by atoms with Crippen molar-refractivity contribution in [2.45, 2.75) is 13.2 Å². The molecule has 8 heteroatoms. The molecule has 1 atom stereocenters. The molecule has 158 valence electrons. The van der Waals surface area contributed by atoms with Crippen molar-refractivity contribution in [2.75, 3.05) is 44.9 Å². The molecule has 3 rings (SSSR count). The summed E-state index contributed by atoms with van der Waals surface area (Å²) in [5, 5.41) is 10.9. The second-order valence-electron chi connectivity index (χ2n) is 7.17. The molecule has 2 aromatic rings. The van der Waals surface area contributed by atoms with E-state index in [9.17, 15) is 13.5 Å². The summed E-state index contributed by atoms with van der Waals surface area (Å²) in [6.45, 7) is 4.01. The lowest BCUT2D eigenvalue weighted by molar-refractivity contribution is -0.0783. The molecule has 1 aliphatic rings. The van der Waals surface area contributed by atoms with Crippen LogP contribution in [0.25, 0.3) is 11.1 Å². The van der Waals surface area contributed by atoms with Crippen molar-refractivity contribution in [1.29, 1.82) is 0 Å². The van der Waals surface area contributed by atoms with Gasteiger partial charge in [0, 0.05) is 37.3 Å². The summed E-state index contributed by atoms with van der Waals surface area (Å²) in [6.07, 6.45) is -1.13. The molecule has 1 saturated heterocycles. The normalized spacial score (nSPS) is 17.8. The molecule has 1 N–H and O–H groups in total. The molecule has 0 aromatic heterocycles. The number of methoxy groups -OCH3 is 1. The van der Waals surface area contributed by atoms with Crippen LogP contribution in [0.2, 0.25) is 5.02 Å². The van der Waals surface area contributed by atoms with E-state index in [1.807, 2.05) is 37.3 Å². The first-order valence-electron chi connectivity index (χ1n) is 9.46. The van der Waals surface area contributed by atoms with E-state index in [1.165, 1.54) is 7.11 Å². The zero-order valence-corrected chi connectivity index (χ0v) is 18.2. The van der Waals surface area contributed by atoms with E-state index in [-0.39, 0.29) is 11.5 Å². The third-order valence-corrected chi connectivity index (χ3v) is 6.96. The number of hydrogen-bond donors (Lipinski definition) is 1. The first kappa shape index (κ1) is 22.1. The van der Waals surface area contributed by atoms with Crippen molar-refractivity contribution < 1.29 is 23.0 Å². The molecule has 0 amide bonds. The lowest BCUT2D eigenvalue weighted by atomic mass is 10.0. The smallest absolute Gasteiger partial charge is 0.184 e. The van der Waals surface area contributed by atoms with Crippen molar-refractivity contribution in [1.82, 2.24) is 4.90 Å². The fourth-order valence-electron chi connectivity index (χ4n) is 3.28. The van der Waals surface area contributed by atoms with E-state index >= 15 is 0 Å².